The van der Waals surface area contributed by atoms with E-state index in [0.717, 1.165) is 121 Å². The number of phosphoric acid groups is 2. The average molecular weight is 1310 g/mol. The van der Waals surface area contributed by atoms with Crippen molar-refractivity contribution in [3.8, 4) is 0 Å². The van der Waals surface area contributed by atoms with Crippen LogP contribution in [-0.4, -0.2) is 96.7 Å². The molecule has 3 unspecified atom stereocenters. The first-order valence-corrected chi connectivity index (χ1v) is 38.8. The molecule has 0 amide bonds. The molecule has 0 heterocycles. The van der Waals surface area contributed by atoms with E-state index in [0.29, 0.717) is 25.7 Å². The molecule has 0 spiro atoms. The second kappa shape index (κ2) is 61.7. The summed E-state index contributed by atoms with van der Waals surface area (Å²) >= 11 is 0. The van der Waals surface area contributed by atoms with Gasteiger partial charge in [-0.05, 0) is 63.2 Å². The van der Waals surface area contributed by atoms with Gasteiger partial charge in [-0.15, -0.1) is 0 Å². The largest absolute Gasteiger partial charge is 0.472 e. The lowest BCUT2D eigenvalue weighted by Crippen LogP contribution is -2.30. The fourth-order valence-electron chi connectivity index (χ4n) is 10.0. The fraction of sp³-hybridized carbons (Fsp3) is 0.886. The Hall–Kier alpha value is -2.46. The maximum absolute atomic E-state index is 13.0. The Morgan fingerprint density at radius 2 is 0.663 bits per heavy atom. The summed E-state index contributed by atoms with van der Waals surface area (Å²) < 4.78 is 68.2. The molecule has 0 aromatic carbocycles. The molecule has 0 aliphatic carbocycles. The Labute approximate surface area is 542 Å². The van der Waals surface area contributed by atoms with Crippen molar-refractivity contribution in [3.05, 3.63) is 24.3 Å². The molecule has 0 bridgehead atoms. The van der Waals surface area contributed by atoms with E-state index in [4.69, 9.17) is 37.0 Å². The molecule has 0 fully saturated rings. The van der Waals surface area contributed by atoms with E-state index in [1.807, 2.05) is 0 Å². The monoisotopic (exact) mass is 1310 g/mol. The number of hydrogen-bond acceptors (Lipinski definition) is 15. The van der Waals surface area contributed by atoms with E-state index in [1.54, 1.807) is 0 Å². The van der Waals surface area contributed by atoms with Crippen LogP contribution in [0.5, 0.6) is 0 Å². The van der Waals surface area contributed by atoms with Gasteiger partial charge in [0.1, 0.15) is 19.3 Å². The van der Waals surface area contributed by atoms with Crippen LogP contribution in [0.1, 0.15) is 330 Å². The molecule has 0 aliphatic heterocycles. The van der Waals surface area contributed by atoms with Crippen LogP contribution in [0, 0.1) is 11.8 Å². The third-order valence-corrected chi connectivity index (χ3v) is 17.8. The lowest BCUT2D eigenvalue weighted by atomic mass is 10.00. The fourth-order valence-corrected chi connectivity index (χ4v) is 11.6. The van der Waals surface area contributed by atoms with E-state index in [9.17, 15) is 43.2 Å². The summed E-state index contributed by atoms with van der Waals surface area (Å²) in [7, 11) is -9.91. The minimum absolute atomic E-state index is 0.0844. The SMILES string of the molecule is CCCCCC/C=C\C=C/CCCCCCCC(=O)O[C@H](COC(=O)CCCCCCCCCCCC(C)C)COP(=O)(O)OC[C@@H](O)COP(=O)(O)OC[C@@H](COC(=O)CCCCCCCCC(C)CC)OC(=O)CCCCCCCCCCCCCC. The number of aliphatic hydroxyl groups excluding tert-OH is 1. The smallest absolute Gasteiger partial charge is 0.462 e. The van der Waals surface area contributed by atoms with Crippen LogP contribution in [0.25, 0.3) is 0 Å². The number of ether oxygens (including phenoxy) is 4. The summed E-state index contributed by atoms with van der Waals surface area (Å²) in [6.07, 6.45) is 49.3. The van der Waals surface area contributed by atoms with E-state index in [2.05, 4.69) is 65.8 Å². The van der Waals surface area contributed by atoms with Gasteiger partial charge in [-0.3, -0.25) is 37.3 Å². The Morgan fingerprint density at radius 1 is 0.371 bits per heavy atom. The number of carbonyl (C=O) groups excluding carboxylic acids is 4. The molecule has 0 rings (SSSR count). The van der Waals surface area contributed by atoms with E-state index in [-0.39, 0.29) is 25.7 Å². The van der Waals surface area contributed by atoms with Crippen molar-refractivity contribution in [2.45, 2.75) is 349 Å². The first-order valence-electron chi connectivity index (χ1n) is 35.8. The first kappa shape index (κ1) is 86.5. The second-order valence-corrected chi connectivity index (χ2v) is 28.2. The second-order valence-electron chi connectivity index (χ2n) is 25.3. The van der Waals surface area contributed by atoms with Crippen molar-refractivity contribution in [1.29, 1.82) is 0 Å². The molecule has 3 N–H and O–H groups in total. The van der Waals surface area contributed by atoms with Crippen molar-refractivity contribution >= 4 is 39.5 Å². The number of carbonyl (C=O) groups is 4. The zero-order valence-corrected chi connectivity index (χ0v) is 59.0. The molecule has 0 aromatic heterocycles. The highest BCUT2D eigenvalue weighted by atomic mass is 31.2. The third-order valence-electron chi connectivity index (χ3n) is 15.9. The minimum Gasteiger partial charge on any atom is -0.462 e. The molecule has 19 heteroatoms. The van der Waals surface area contributed by atoms with E-state index in [1.165, 1.54) is 128 Å². The number of unbranched alkanes of at least 4 members (excludes halogenated alkanes) is 33. The van der Waals surface area contributed by atoms with Gasteiger partial charge >= 0.3 is 39.5 Å². The molecule has 0 radical (unpaired) electrons. The molecule has 0 aliphatic rings. The van der Waals surface area contributed by atoms with E-state index >= 15 is 0 Å². The predicted octanol–water partition coefficient (Wildman–Crippen LogP) is 19.5. The Bertz CT molecular complexity index is 1830. The Morgan fingerprint density at radius 3 is 1.01 bits per heavy atom. The van der Waals surface area contributed by atoms with Gasteiger partial charge in [-0.25, -0.2) is 9.13 Å². The molecular formula is C70H132O17P2. The van der Waals surface area contributed by atoms with Crippen molar-refractivity contribution in [2.75, 3.05) is 39.6 Å². The Balaban J connectivity index is 5.30. The van der Waals surface area contributed by atoms with Gasteiger partial charge < -0.3 is 33.8 Å². The molecule has 17 nitrogen and oxygen atoms in total. The van der Waals surface area contributed by atoms with Crippen molar-refractivity contribution in [2.24, 2.45) is 11.8 Å². The number of allylic oxidation sites excluding steroid dienone is 4. The number of phosphoric ester groups is 2. The van der Waals surface area contributed by atoms with Crippen LogP contribution in [0.4, 0.5) is 0 Å². The van der Waals surface area contributed by atoms with Crippen LogP contribution in [0.15, 0.2) is 24.3 Å². The van der Waals surface area contributed by atoms with Gasteiger partial charge in [-0.2, -0.15) is 0 Å². The number of aliphatic hydroxyl groups is 1. The summed E-state index contributed by atoms with van der Waals surface area (Å²) in [4.78, 5) is 72.5. The molecule has 524 valence electrons. The highest BCUT2D eigenvalue weighted by molar-refractivity contribution is 7.47. The normalized spacial score (nSPS) is 14.6. The molecular weight excluding hydrogens is 1170 g/mol. The van der Waals surface area contributed by atoms with E-state index < -0.39 is 97.5 Å². The molecule has 0 saturated heterocycles. The third kappa shape index (κ3) is 62.7. The maximum Gasteiger partial charge on any atom is 0.472 e. The highest BCUT2D eigenvalue weighted by Gasteiger charge is 2.30. The summed E-state index contributed by atoms with van der Waals surface area (Å²) in [6, 6.07) is 0. The van der Waals surface area contributed by atoms with Crippen LogP contribution >= 0.6 is 15.6 Å². The summed E-state index contributed by atoms with van der Waals surface area (Å²) in [5, 5.41) is 10.6. The summed E-state index contributed by atoms with van der Waals surface area (Å²) in [5.74, 6) is -0.685. The van der Waals surface area contributed by atoms with Crippen molar-refractivity contribution in [3.63, 3.8) is 0 Å². The first-order chi connectivity index (χ1) is 42.9. The van der Waals surface area contributed by atoms with Crippen LogP contribution in [-0.2, 0) is 65.4 Å². The number of hydrogen-bond donors (Lipinski definition) is 3. The van der Waals surface area contributed by atoms with Gasteiger partial charge in [0.05, 0.1) is 26.4 Å². The maximum atomic E-state index is 13.0. The van der Waals surface area contributed by atoms with Gasteiger partial charge in [0.15, 0.2) is 12.2 Å². The molecule has 0 saturated carbocycles. The average Bonchev–Trinajstić information content (AvgIpc) is 3.53. The lowest BCUT2D eigenvalue weighted by Gasteiger charge is -2.21. The van der Waals surface area contributed by atoms with Crippen LogP contribution in [0.3, 0.4) is 0 Å². The summed E-state index contributed by atoms with van der Waals surface area (Å²) in [6.45, 7) is 9.42. The lowest BCUT2D eigenvalue weighted by molar-refractivity contribution is -0.161. The van der Waals surface area contributed by atoms with Gasteiger partial charge in [0.25, 0.3) is 0 Å². The van der Waals surface area contributed by atoms with Gasteiger partial charge in [0.2, 0.25) is 0 Å². The summed E-state index contributed by atoms with van der Waals surface area (Å²) in [5.41, 5.74) is 0. The van der Waals surface area contributed by atoms with Gasteiger partial charge in [0, 0.05) is 25.7 Å². The highest BCUT2D eigenvalue weighted by Crippen LogP contribution is 2.45. The molecule has 6 atom stereocenters. The van der Waals surface area contributed by atoms with Crippen LogP contribution in [0.2, 0.25) is 0 Å². The predicted molar refractivity (Wildman–Crippen MR) is 358 cm³/mol. The minimum atomic E-state index is -4.96. The Kier molecular flexibility index (Phi) is 60.0. The number of esters is 4. The zero-order chi connectivity index (χ0) is 65.7. The van der Waals surface area contributed by atoms with Gasteiger partial charge in [-0.1, -0.05) is 278 Å². The van der Waals surface area contributed by atoms with Crippen molar-refractivity contribution in [1.82, 2.24) is 0 Å². The quantitative estimate of drug-likeness (QED) is 0.0169. The topological polar surface area (TPSA) is 237 Å². The number of rotatable bonds is 67. The van der Waals surface area contributed by atoms with Crippen molar-refractivity contribution < 1.29 is 80.2 Å². The molecule has 89 heavy (non-hydrogen) atoms. The molecule has 0 aromatic rings. The standard InChI is InChI=1S/C70H132O17P2/c1-7-10-12-14-16-18-20-22-23-24-26-30-35-43-49-55-70(75)86-65(58-80-67(72)52-46-40-33-31-27-28-32-38-44-50-62(4)5)60-84-88(76,77)82-56-64(71)57-83-89(78,79)85-61-66(59-81-68(73)53-47-41-37-36-39-45-51-63(6)9-3)87-69(74)54-48-42-34-29-25-21-19-17-15-13-11-8-2/h18,20,22-23,62-66,71H,7-17,19,21,24-61H2,1-6H3,(H,76,77)(H,78,79)/b20-18-,23-22-/t63?,64-,65-,66-/m1/s1. The van der Waals surface area contributed by atoms with Crippen LogP contribution < -0.4 is 0 Å². The zero-order valence-electron chi connectivity index (χ0n) is 57.2.